The minimum atomic E-state index is -3.43. The number of benzene rings is 1. The van der Waals surface area contributed by atoms with Gasteiger partial charge in [0.1, 0.15) is 11.3 Å². The lowest BCUT2D eigenvalue weighted by molar-refractivity contribution is 0.125. The highest BCUT2D eigenvalue weighted by Crippen LogP contribution is 2.35. The van der Waals surface area contributed by atoms with Crippen LogP contribution in [0.2, 0.25) is 10.0 Å². The number of nitrogens with two attached hydrogens (primary N) is 1. The molecule has 0 spiro atoms. The number of hydrogen-bond acceptors (Lipinski definition) is 7. The monoisotopic (exact) mass is 581 g/mol. The van der Waals surface area contributed by atoms with E-state index in [0.29, 0.717) is 28.4 Å². The molecule has 2 unspecified atom stereocenters. The Kier molecular flexibility index (Phi) is 9.19. The summed E-state index contributed by atoms with van der Waals surface area (Å²) in [6, 6.07) is 5.36. The van der Waals surface area contributed by atoms with Gasteiger partial charge < -0.3 is 9.80 Å². The fraction of sp³-hybridized carbons (Fsp3) is 0.577. The number of aryl methyl sites for hydroxylation is 1. The van der Waals surface area contributed by atoms with Crippen LogP contribution in [0.15, 0.2) is 24.4 Å². The molecule has 0 bridgehead atoms. The average Bonchev–Trinajstić information content (AvgIpc) is 3.18. The Bertz CT molecular complexity index is 1380. The summed E-state index contributed by atoms with van der Waals surface area (Å²) in [5.41, 5.74) is 3.26. The minimum absolute atomic E-state index is 0.0128. The highest BCUT2D eigenvalue weighted by molar-refractivity contribution is 7.89. The third-order valence-corrected chi connectivity index (χ3v) is 8.79. The number of rotatable bonds is 7. The van der Waals surface area contributed by atoms with E-state index < -0.39 is 10.0 Å². The number of aromatic nitrogens is 4. The largest absolute Gasteiger partial charge is 0.355 e. The van der Waals surface area contributed by atoms with Crippen LogP contribution in [0.5, 0.6) is 0 Å². The molecule has 4 heterocycles. The van der Waals surface area contributed by atoms with Gasteiger partial charge in [-0.3, -0.25) is 0 Å². The van der Waals surface area contributed by atoms with Crippen molar-refractivity contribution in [3.8, 4) is 0 Å². The standard InChI is InChI=1S/C24H31Cl2N7O2S.C2H6/c1-15-23-24(33(30-15)16(2)20-6-5-19(25)10-21(20)26)29-22(11-28-23)32-13-18(14-32)17-4-3-7-31(12-17)8-9-36(27,34)35;1-2/h5-6,10-11,16-18H,3-4,7-9,12-14H2,1-2H3,(H2,27,34,35);1-2H3. The highest BCUT2D eigenvalue weighted by Gasteiger charge is 2.37. The van der Waals surface area contributed by atoms with Crippen molar-refractivity contribution >= 4 is 50.2 Å². The molecule has 0 radical (unpaired) electrons. The average molecular weight is 583 g/mol. The van der Waals surface area contributed by atoms with Crippen LogP contribution < -0.4 is 10.0 Å². The van der Waals surface area contributed by atoms with Gasteiger partial charge in [0.25, 0.3) is 0 Å². The van der Waals surface area contributed by atoms with Crippen LogP contribution in [0.25, 0.3) is 11.2 Å². The third-order valence-electron chi connectivity index (χ3n) is 7.47. The summed E-state index contributed by atoms with van der Waals surface area (Å²) in [6.07, 6.45) is 4.08. The molecule has 9 nitrogen and oxygen atoms in total. The zero-order valence-corrected chi connectivity index (χ0v) is 24.8. The van der Waals surface area contributed by atoms with Crippen LogP contribution in [0, 0.1) is 18.8 Å². The topological polar surface area (TPSA) is 110 Å². The Balaban J connectivity index is 0.00000164. The second-order valence-corrected chi connectivity index (χ2v) is 12.6. The fourth-order valence-electron chi connectivity index (χ4n) is 5.37. The van der Waals surface area contributed by atoms with E-state index in [0.717, 1.165) is 60.8 Å². The van der Waals surface area contributed by atoms with E-state index in [1.54, 1.807) is 6.07 Å². The molecule has 12 heteroatoms. The smallest absolute Gasteiger partial charge is 0.210 e. The molecule has 2 aromatic heterocycles. The van der Waals surface area contributed by atoms with Crippen molar-refractivity contribution in [2.75, 3.05) is 43.4 Å². The number of piperidine rings is 1. The first kappa shape index (κ1) is 29.0. The van der Waals surface area contributed by atoms with Crippen molar-refractivity contribution in [2.45, 2.75) is 46.6 Å². The number of hydrogen-bond donors (Lipinski definition) is 1. The second kappa shape index (κ2) is 12.0. The van der Waals surface area contributed by atoms with Crippen molar-refractivity contribution in [2.24, 2.45) is 17.0 Å². The van der Waals surface area contributed by atoms with Gasteiger partial charge in [-0.15, -0.1) is 0 Å². The van der Waals surface area contributed by atoms with Gasteiger partial charge in [0.15, 0.2) is 5.65 Å². The maximum Gasteiger partial charge on any atom is 0.210 e. The van der Waals surface area contributed by atoms with Crippen molar-refractivity contribution in [1.29, 1.82) is 0 Å². The van der Waals surface area contributed by atoms with Gasteiger partial charge in [-0.2, -0.15) is 5.10 Å². The molecule has 0 saturated carbocycles. The zero-order valence-electron chi connectivity index (χ0n) is 22.4. The van der Waals surface area contributed by atoms with Crippen LogP contribution in [-0.2, 0) is 10.0 Å². The van der Waals surface area contributed by atoms with Crippen molar-refractivity contribution in [1.82, 2.24) is 24.6 Å². The van der Waals surface area contributed by atoms with Crippen molar-refractivity contribution < 1.29 is 8.42 Å². The molecule has 2 aliphatic rings. The number of sulfonamides is 1. The van der Waals surface area contributed by atoms with Gasteiger partial charge in [0.05, 0.1) is 23.7 Å². The van der Waals surface area contributed by atoms with Gasteiger partial charge in [-0.25, -0.2) is 28.2 Å². The molecule has 0 aliphatic carbocycles. The Morgan fingerprint density at radius 1 is 1.16 bits per heavy atom. The lowest BCUT2D eigenvalue weighted by atomic mass is 9.80. The summed E-state index contributed by atoms with van der Waals surface area (Å²) in [6.45, 7) is 12.2. The SMILES string of the molecule is CC.Cc1nn(C(C)c2ccc(Cl)cc2Cl)c2nc(N3CC(C4CCCN(CCS(N)(=O)=O)C4)C3)cnc12. The van der Waals surface area contributed by atoms with Crippen molar-refractivity contribution in [3.05, 3.63) is 45.7 Å². The van der Waals surface area contributed by atoms with E-state index in [9.17, 15) is 8.42 Å². The van der Waals surface area contributed by atoms with E-state index in [2.05, 4.69) is 9.80 Å². The van der Waals surface area contributed by atoms with Gasteiger partial charge in [-0.1, -0.05) is 43.1 Å². The van der Waals surface area contributed by atoms with Crippen LogP contribution in [0.3, 0.4) is 0 Å². The summed E-state index contributed by atoms with van der Waals surface area (Å²) in [7, 11) is -3.43. The molecule has 1 aromatic carbocycles. The Labute approximate surface area is 235 Å². The van der Waals surface area contributed by atoms with Crippen molar-refractivity contribution in [3.63, 3.8) is 0 Å². The molecule has 2 aliphatic heterocycles. The number of nitrogens with zero attached hydrogens (tertiary/aromatic N) is 6. The normalized spacial score (nSPS) is 19.7. The highest BCUT2D eigenvalue weighted by atomic mass is 35.5. The van der Waals surface area contributed by atoms with E-state index >= 15 is 0 Å². The summed E-state index contributed by atoms with van der Waals surface area (Å²) >= 11 is 12.6. The quantitative estimate of drug-likeness (QED) is 0.437. The Morgan fingerprint density at radius 3 is 2.58 bits per heavy atom. The van der Waals surface area contributed by atoms with E-state index in [-0.39, 0.29) is 11.8 Å². The third kappa shape index (κ3) is 6.42. The predicted octanol–water partition coefficient (Wildman–Crippen LogP) is 4.51. The van der Waals surface area contributed by atoms with E-state index in [1.807, 2.05) is 50.7 Å². The number of fused-ring (bicyclic) bond motifs is 1. The molecule has 2 atom stereocenters. The molecule has 38 heavy (non-hydrogen) atoms. The number of likely N-dealkylation sites (tertiary alicyclic amines) is 1. The Hall–Kier alpha value is -1.98. The predicted molar refractivity (Wildman–Crippen MR) is 155 cm³/mol. The molecule has 2 saturated heterocycles. The molecule has 0 amide bonds. The zero-order chi connectivity index (χ0) is 27.6. The van der Waals surface area contributed by atoms with Crippen LogP contribution in [0.1, 0.15) is 50.9 Å². The van der Waals surface area contributed by atoms with E-state index in [1.165, 1.54) is 6.42 Å². The summed E-state index contributed by atoms with van der Waals surface area (Å²) < 4.78 is 24.6. The van der Waals surface area contributed by atoms with Gasteiger partial charge in [0.2, 0.25) is 10.0 Å². The molecule has 5 rings (SSSR count). The molecule has 208 valence electrons. The lowest BCUT2D eigenvalue weighted by Crippen LogP contribution is -2.54. The number of halogens is 2. The number of anilines is 1. The fourth-order valence-corrected chi connectivity index (χ4v) is 6.45. The molecule has 3 aromatic rings. The Morgan fingerprint density at radius 2 is 1.89 bits per heavy atom. The molecule has 2 N–H and O–H groups in total. The second-order valence-electron chi connectivity index (χ2n) is 10.0. The van der Waals surface area contributed by atoms with E-state index in [4.69, 9.17) is 43.4 Å². The summed E-state index contributed by atoms with van der Waals surface area (Å²) in [4.78, 5) is 14.2. The maximum absolute atomic E-state index is 11.3. The summed E-state index contributed by atoms with van der Waals surface area (Å²) in [5, 5.41) is 11.1. The first-order valence-electron chi connectivity index (χ1n) is 13.2. The number of primary sulfonamides is 1. The van der Waals surface area contributed by atoms with Gasteiger partial charge in [0, 0.05) is 36.2 Å². The minimum Gasteiger partial charge on any atom is -0.355 e. The maximum atomic E-state index is 11.3. The summed E-state index contributed by atoms with van der Waals surface area (Å²) in [5.74, 6) is 1.96. The van der Waals surface area contributed by atoms with Gasteiger partial charge >= 0.3 is 0 Å². The lowest BCUT2D eigenvalue weighted by Gasteiger charge is -2.47. The first-order chi connectivity index (χ1) is 18.1. The van der Waals surface area contributed by atoms with Gasteiger partial charge in [-0.05, 0) is 62.8 Å². The van der Waals surface area contributed by atoms with Crippen LogP contribution in [-0.4, -0.2) is 71.5 Å². The van der Waals surface area contributed by atoms with Crippen LogP contribution in [0.4, 0.5) is 5.82 Å². The molecular weight excluding hydrogens is 545 g/mol. The van der Waals surface area contributed by atoms with Crippen LogP contribution >= 0.6 is 23.2 Å². The first-order valence-corrected chi connectivity index (χ1v) is 15.7. The molecular formula is C26H37Cl2N7O2S. The molecule has 2 fully saturated rings.